The summed E-state index contributed by atoms with van der Waals surface area (Å²) < 4.78 is 23.0. The molecule has 0 unspecified atom stereocenters. The van der Waals surface area contributed by atoms with E-state index < -0.39 is 15.8 Å². The normalized spacial score (nSPS) is 11.1. The van der Waals surface area contributed by atoms with Crippen LogP contribution in [0.2, 0.25) is 0 Å². The van der Waals surface area contributed by atoms with E-state index in [1.165, 1.54) is 12.1 Å². The Morgan fingerprint density at radius 2 is 1.88 bits per heavy atom. The van der Waals surface area contributed by atoms with E-state index in [2.05, 4.69) is 5.32 Å². The fourth-order valence-electron chi connectivity index (χ4n) is 1.26. The molecular weight excluding hydrogens is 242 g/mol. The lowest BCUT2D eigenvalue weighted by molar-refractivity contribution is -0.136. The van der Waals surface area contributed by atoms with Crippen LogP contribution in [0.5, 0.6) is 0 Å². The Labute approximate surface area is 100 Å². The van der Waals surface area contributed by atoms with Crippen molar-refractivity contribution in [3.8, 4) is 0 Å². The Bertz CT molecular complexity index is 479. The summed E-state index contributed by atoms with van der Waals surface area (Å²) in [6.45, 7) is 1.91. The number of sulfone groups is 1. The standard InChI is InChI=1S/C11H15NO4S/c1-2-17(15,16)10-5-3-9(4-6-10)12-8-7-11(13)14/h3-6,12H,2,7-8H2,1H3,(H,13,14). The Morgan fingerprint density at radius 3 is 2.35 bits per heavy atom. The second kappa shape index (κ2) is 5.67. The van der Waals surface area contributed by atoms with Gasteiger partial charge in [-0.15, -0.1) is 0 Å². The molecule has 0 aliphatic carbocycles. The van der Waals surface area contributed by atoms with Crippen molar-refractivity contribution in [1.82, 2.24) is 0 Å². The average molecular weight is 257 g/mol. The van der Waals surface area contributed by atoms with Gasteiger partial charge in [-0.05, 0) is 24.3 Å². The third-order valence-corrected chi connectivity index (χ3v) is 4.01. The zero-order valence-electron chi connectivity index (χ0n) is 9.51. The van der Waals surface area contributed by atoms with Crippen LogP contribution < -0.4 is 5.32 Å². The molecule has 0 heterocycles. The van der Waals surface area contributed by atoms with Crippen molar-refractivity contribution in [2.45, 2.75) is 18.2 Å². The number of carbonyl (C=O) groups is 1. The van der Waals surface area contributed by atoms with Crippen molar-refractivity contribution in [2.75, 3.05) is 17.6 Å². The van der Waals surface area contributed by atoms with E-state index in [0.717, 1.165) is 0 Å². The van der Waals surface area contributed by atoms with Crippen LogP contribution in [0.15, 0.2) is 29.2 Å². The third-order valence-electron chi connectivity index (χ3n) is 2.26. The summed E-state index contributed by atoms with van der Waals surface area (Å²) in [5.74, 6) is -0.804. The second-order valence-electron chi connectivity index (χ2n) is 3.50. The molecule has 0 saturated heterocycles. The lowest BCUT2D eigenvalue weighted by Gasteiger charge is -2.06. The van der Waals surface area contributed by atoms with Gasteiger partial charge in [0.1, 0.15) is 0 Å². The summed E-state index contributed by atoms with van der Waals surface area (Å²) in [6.07, 6.45) is 0.0228. The van der Waals surface area contributed by atoms with Crippen LogP contribution in [-0.4, -0.2) is 31.8 Å². The van der Waals surface area contributed by atoms with Gasteiger partial charge in [-0.2, -0.15) is 0 Å². The lowest BCUT2D eigenvalue weighted by atomic mass is 10.3. The zero-order chi connectivity index (χ0) is 12.9. The van der Waals surface area contributed by atoms with Gasteiger partial charge in [0.25, 0.3) is 0 Å². The van der Waals surface area contributed by atoms with E-state index in [-0.39, 0.29) is 17.1 Å². The summed E-state index contributed by atoms with van der Waals surface area (Å²) in [5.41, 5.74) is 0.710. The molecule has 94 valence electrons. The molecule has 0 amide bonds. The maximum absolute atomic E-state index is 11.5. The van der Waals surface area contributed by atoms with Crippen LogP contribution in [0.3, 0.4) is 0 Å². The summed E-state index contributed by atoms with van der Waals surface area (Å²) in [7, 11) is -3.17. The number of nitrogens with one attached hydrogen (secondary N) is 1. The molecule has 2 N–H and O–H groups in total. The number of hydrogen-bond acceptors (Lipinski definition) is 4. The minimum absolute atomic E-state index is 0.0228. The predicted octanol–water partition coefficient (Wildman–Crippen LogP) is 1.37. The monoisotopic (exact) mass is 257 g/mol. The van der Waals surface area contributed by atoms with Crippen LogP contribution in [0.1, 0.15) is 13.3 Å². The van der Waals surface area contributed by atoms with Crippen LogP contribution >= 0.6 is 0 Å². The maximum Gasteiger partial charge on any atom is 0.305 e. The van der Waals surface area contributed by atoms with Gasteiger partial charge in [-0.3, -0.25) is 4.79 Å². The van der Waals surface area contributed by atoms with E-state index >= 15 is 0 Å². The number of carboxylic acids is 1. The van der Waals surface area contributed by atoms with Crippen molar-refractivity contribution in [2.24, 2.45) is 0 Å². The zero-order valence-corrected chi connectivity index (χ0v) is 10.3. The minimum atomic E-state index is -3.17. The van der Waals surface area contributed by atoms with Gasteiger partial charge in [-0.25, -0.2) is 8.42 Å². The van der Waals surface area contributed by atoms with Crippen molar-refractivity contribution >= 4 is 21.5 Å². The summed E-state index contributed by atoms with van der Waals surface area (Å²) in [4.78, 5) is 10.6. The van der Waals surface area contributed by atoms with Crippen molar-refractivity contribution < 1.29 is 18.3 Å². The topological polar surface area (TPSA) is 83.5 Å². The molecule has 0 aromatic heterocycles. The molecule has 0 aliphatic rings. The summed E-state index contributed by atoms with van der Waals surface area (Å²) in [6, 6.07) is 6.29. The first-order valence-electron chi connectivity index (χ1n) is 5.24. The molecule has 0 atom stereocenters. The van der Waals surface area contributed by atoms with Gasteiger partial charge in [-0.1, -0.05) is 6.92 Å². The van der Waals surface area contributed by atoms with Crippen LogP contribution in [0.25, 0.3) is 0 Å². The van der Waals surface area contributed by atoms with Gasteiger partial charge in [0.15, 0.2) is 9.84 Å². The van der Waals surface area contributed by atoms with E-state index in [1.54, 1.807) is 19.1 Å². The number of aliphatic carboxylic acids is 1. The quantitative estimate of drug-likeness (QED) is 0.804. The number of anilines is 1. The third kappa shape index (κ3) is 4.07. The Balaban J connectivity index is 2.66. The van der Waals surface area contributed by atoms with Gasteiger partial charge >= 0.3 is 5.97 Å². The Kier molecular flexibility index (Phi) is 4.51. The molecule has 0 saturated carbocycles. The highest BCUT2D eigenvalue weighted by molar-refractivity contribution is 7.91. The van der Waals surface area contributed by atoms with Crippen molar-refractivity contribution in [1.29, 1.82) is 0 Å². The number of rotatable bonds is 6. The van der Waals surface area contributed by atoms with E-state index in [9.17, 15) is 13.2 Å². The minimum Gasteiger partial charge on any atom is -0.481 e. The van der Waals surface area contributed by atoms with Crippen LogP contribution in [-0.2, 0) is 14.6 Å². The highest BCUT2D eigenvalue weighted by Crippen LogP contribution is 2.15. The first-order valence-corrected chi connectivity index (χ1v) is 6.89. The van der Waals surface area contributed by atoms with Crippen molar-refractivity contribution in [3.05, 3.63) is 24.3 Å². The van der Waals surface area contributed by atoms with Gasteiger partial charge in [0, 0.05) is 12.2 Å². The predicted molar refractivity (Wildman–Crippen MR) is 64.9 cm³/mol. The molecule has 0 aliphatic heterocycles. The number of carboxylic acid groups (broad SMARTS) is 1. The molecule has 0 radical (unpaired) electrons. The fourth-order valence-corrected chi connectivity index (χ4v) is 2.14. The molecule has 6 heteroatoms. The molecule has 5 nitrogen and oxygen atoms in total. The van der Waals surface area contributed by atoms with E-state index in [0.29, 0.717) is 12.2 Å². The Hall–Kier alpha value is -1.56. The molecular formula is C11H15NO4S. The van der Waals surface area contributed by atoms with Crippen LogP contribution in [0, 0.1) is 0 Å². The fraction of sp³-hybridized carbons (Fsp3) is 0.364. The summed E-state index contributed by atoms with van der Waals surface area (Å²) >= 11 is 0. The first kappa shape index (κ1) is 13.5. The largest absolute Gasteiger partial charge is 0.481 e. The summed E-state index contributed by atoms with van der Waals surface area (Å²) in [5, 5.41) is 11.4. The average Bonchev–Trinajstić information content (AvgIpc) is 2.29. The molecule has 0 fully saturated rings. The maximum atomic E-state index is 11.5. The van der Waals surface area contributed by atoms with Crippen LogP contribution in [0.4, 0.5) is 5.69 Å². The molecule has 17 heavy (non-hydrogen) atoms. The SMILES string of the molecule is CCS(=O)(=O)c1ccc(NCCC(=O)O)cc1. The van der Waals surface area contributed by atoms with Gasteiger partial charge < -0.3 is 10.4 Å². The smallest absolute Gasteiger partial charge is 0.305 e. The lowest BCUT2D eigenvalue weighted by Crippen LogP contribution is -2.08. The molecule has 1 rings (SSSR count). The van der Waals surface area contributed by atoms with Crippen molar-refractivity contribution in [3.63, 3.8) is 0 Å². The molecule has 1 aromatic carbocycles. The molecule has 0 bridgehead atoms. The van der Waals surface area contributed by atoms with Gasteiger partial charge in [0.05, 0.1) is 17.1 Å². The molecule has 0 spiro atoms. The highest BCUT2D eigenvalue weighted by Gasteiger charge is 2.10. The number of hydrogen-bond donors (Lipinski definition) is 2. The second-order valence-corrected chi connectivity index (χ2v) is 5.78. The highest BCUT2D eigenvalue weighted by atomic mass is 32.2. The van der Waals surface area contributed by atoms with E-state index in [4.69, 9.17) is 5.11 Å². The van der Waals surface area contributed by atoms with Gasteiger partial charge in [0.2, 0.25) is 0 Å². The number of benzene rings is 1. The molecule has 1 aromatic rings. The first-order chi connectivity index (χ1) is 7.95. The Morgan fingerprint density at radius 1 is 1.29 bits per heavy atom. The van der Waals surface area contributed by atoms with E-state index in [1.807, 2.05) is 0 Å².